The summed E-state index contributed by atoms with van der Waals surface area (Å²) in [6, 6.07) is 7.01. The number of benzene rings is 1. The lowest BCUT2D eigenvalue weighted by atomic mass is 9.99. The molecule has 4 heteroatoms. The van der Waals surface area contributed by atoms with Crippen molar-refractivity contribution in [1.29, 1.82) is 0 Å². The predicted molar refractivity (Wildman–Crippen MR) is 83.7 cm³/mol. The first-order valence-corrected chi connectivity index (χ1v) is 7.60. The van der Waals surface area contributed by atoms with Gasteiger partial charge in [0.15, 0.2) is 0 Å². The van der Waals surface area contributed by atoms with E-state index in [4.69, 9.17) is 11.6 Å². The van der Waals surface area contributed by atoms with Gasteiger partial charge >= 0.3 is 0 Å². The Hall–Kier alpha value is -1.48. The third-order valence-corrected chi connectivity index (χ3v) is 4.13. The fourth-order valence-corrected chi connectivity index (χ4v) is 3.01. The van der Waals surface area contributed by atoms with E-state index in [1.807, 2.05) is 4.68 Å². The number of aromatic nitrogens is 2. The number of rotatable bonds is 3. The van der Waals surface area contributed by atoms with E-state index < -0.39 is 0 Å². The second-order valence-corrected chi connectivity index (χ2v) is 6.08. The molecular weight excluding hydrogens is 270 g/mol. The van der Waals surface area contributed by atoms with Crippen LogP contribution in [0, 0.1) is 0 Å². The van der Waals surface area contributed by atoms with Crippen LogP contribution in [-0.2, 0) is 12.8 Å². The Morgan fingerprint density at radius 3 is 3.05 bits per heavy atom. The molecule has 0 amide bonds. The number of nitrogens with zero attached hydrogens (tertiary/aromatic N) is 2. The number of anilines is 1. The molecule has 1 aliphatic rings. The van der Waals surface area contributed by atoms with Gasteiger partial charge in [-0.15, -0.1) is 0 Å². The smallest absolute Gasteiger partial charge is 0.0821 e. The zero-order valence-corrected chi connectivity index (χ0v) is 12.7. The fraction of sp³-hybridized carbons (Fsp3) is 0.438. The monoisotopic (exact) mass is 289 g/mol. The molecule has 3 nitrogen and oxygen atoms in total. The van der Waals surface area contributed by atoms with Crippen LogP contribution in [0.5, 0.6) is 0 Å². The van der Waals surface area contributed by atoms with Crippen molar-refractivity contribution in [2.24, 2.45) is 0 Å². The van der Waals surface area contributed by atoms with Crippen molar-refractivity contribution >= 4 is 17.3 Å². The molecule has 0 spiro atoms. The summed E-state index contributed by atoms with van der Waals surface area (Å²) < 4.78 is 2.01. The quantitative estimate of drug-likeness (QED) is 0.923. The molecule has 0 saturated heterocycles. The first-order valence-electron chi connectivity index (χ1n) is 7.22. The zero-order chi connectivity index (χ0) is 14.1. The summed E-state index contributed by atoms with van der Waals surface area (Å²) in [5, 5.41) is 8.58. The Morgan fingerprint density at radius 1 is 1.40 bits per heavy atom. The van der Waals surface area contributed by atoms with Gasteiger partial charge in [-0.25, -0.2) is 0 Å². The van der Waals surface area contributed by atoms with Crippen LogP contribution in [0.4, 0.5) is 5.69 Å². The maximum absolute atomic E-state index is 6.29. The Labute approximate surface area is 124 Å². The topological polar surface area (TPSA) is 29.9 Å². The third-order valence-electron chi connectivity index (χ3n) is 3.82. The van der Waals surface area contributed by atoms with Crippen LogP contribution in [0.1, 0.15) is 43.1 Å². The molecule has 106 valence electrons. The van der Waals surface area contributed by atoms with E-state index in [9.17, 15) is 0 Å². The normalized spacial score (nSPS) is 14.2. The molecule has 0 unspecified atom stereocenters. The third kappa shape index (κ3) is 2.55. The molecule has 1 aromatic carbocycles. The van der Waals surface area contributed by atoms with Crippen LogP contribution in [0.2, 0.25) is 5.02 Å². The first-order chi connectivity index (χ1) is 9.65. The molecular formula is C16H20ClN3. The second-order valence-electron chi connectivity index (χ2n) is 5.68. The van der Waals surface area contributed by atoms with E-state index in [1.54, 1.807) is 6.20 Å². The van der Waals surface area contributed by atoms with Crippen LogP contribution < -0.4 is 5.32 Å². The van der Waals surface area contributed by atoms with Gasteiger partial charge < -0.3 is 5.32 Å². The van der Waals surface area contributed by atoms with Gasteiger partial charge in [0.25, 0.3) is 0 Å². The largest absolute Gasteiger partial charge is 0.385 e. The lowest BCUT2D eigenvalue weighted by Crippen LogP contribution is -2.12. The van der Waals surface area contributed by atoms with Gasteiger partial charge in [-0.2, -0.15) is 5.10 Å². The summed E-state index contributed by atoms with van der Waals surface area (Å²) in [6.07, 6.45) is 4.95. The van der Waals surface area contributed by atoms with E-state index in [0.717, 1.165) is 30.1 Å². The minimum Gasteiger partial charge on any atom is -0.385 e. The Bertz CT molecular complexity index is 616. The summed E-state index contributed by atoms with van der Waals surface area (Å²) in [4.78, 5) is 0. The predicted octanol–water partition coefficient (Wildman–Crippen LogP) is 4.07. The molecule has 0 aliphatic carbocycles. The lowest BCUT2D eigenvalue weighted by Gasteiger charge is -2.19. The molecule has 0 atom stereocenters. The second kappa shape index (κ2) is 5.49. The highest BCUT2D eigenvalue weighted by molar-refractivity contribution is 6.31. The fourth-order valence-electron chi connectivity index (χ4n) is 2.81. The molecule has 0 fully saturated rings. The highest BCUT2D eigenvalue weighted by Crippen LogP contribution is 2.26. The van der Waals surface area contributed by atoms with Gasteiger partial charge in [0.1, 0.15) is 0 Å². The molecule has 1 aromatic heterocycles. The van der Waals surface area contributed by atoms with Crippen LogP contribution in [0.25, 0.3) is 0 Å². The highest BCUT2D eigenvalue weighted by Gasteiger charge is 2.14. The van der Waals surface area contributed by atoms with Crippen LogP contribution >= 0.6 is 11.6 Å². The summed E-state index contributed by atoms with van der Waals surface area (Å²) in [5.41, 5.74) is 5.10. The van der Waals surface area contributed by atoms with E-state index in [-0.39, 0.29) is 0 Å². The Morgan fingerprint density at radius 2 is 2.25 bits per heavy atom. The molecule has 0 radical (unpaired) electrons. The van der Waals surface area contributed by atoms with Crippen molar-refractivity contribution < 1.29 is 0 Å². The van der Waals surface area contributed by atoms with Gasteiger partial charge in [-0.05, 0) is 43.9 Å². The SMILES string of the molecule is CC(C)n1ncc(Cl)c1Cc1ccc2c(c1)CCCN2. The van der Waals surface area contributed by atoms with E-state index >= 15 is 0 Å². The summed E-state index contributed by atoms with van der Waals surface area (Å²) in [6.45, 7) is 5.34. The minimum atomic E-state index is 0.330. The van der Waals surface area contributed by atoms with Crippen molar-refractivity contribution in [1.82, 2.24) is 9.78 Å². The molecule has 1 aliphatic heterocycles. The highest BCUT2D eigenvalue weighted by atomic mass is 35.5. The molecule has 0 saturated carbocycles. The van der Waals surface area contributed by atoms with Crippen molar-refractivity contribution in [3.05, 3.63) is 46.2 Å². The molecule has 0 bridgehead atoms. The number of halogens is 1. The number of aryl methyl sites for hydroxylation is 1. The minimum absolute atomic E-state index is 0.330. The zero-order valence-electron chi connectivity index (χ0n) is 12.0. The van der Waals surface area contributed by atoms with Gasteiger partial charge in [0.2, 0.25) is 0 Å². The average molecular weight is 290 g/mol. The molecule has 20 heavy (non-hydrogen) atoms. The molecule has 3 rings (SSSR count). The standard InChI is InChI=1S/C16H20ClN3/c1-11(2)20-16(14(17)10-19-20)9-12-5-6-15-13(8-12)4-3-7-18-15/h5-6,8,10-11,18H,3-4,7,9H2,1-2H3. The number of hydrogen-bond donors (Lipinski definition) is 1. The van der Waals surface area contributed by atoms with Crippen LogP contribution in [0.15, 0.2) is 24.4 Å². The maximum atomic E-state index is 6.29. The van der Waals surface area contributed by atoms with E-state index in [1.165, 1.54) is 23.2 Å². The first kappa shape index (κ1) is 13.5. The summed E-state index contributed by atoms with van der Waals surface area (Å²) >= 11 is 6.29. The molecule has 2 heterocycles. The number of fused-ring (bicyclic) bond motifs is 1. The Balaban J connectivity index is 1.90. The maximum Gasteiger partial charge on any atom is 0.0821 e. The van der Waals surface area contributed by atoms with E-state index in [0.29, 0.717) is 6.04 Å². The van der Waals surface area contributed by atoms with Gasteiger partial charge in [0.05, 0.1) is 16.9 Å². The van der Waals surface area contributed by atoms with Crippen LogP contribution in [-0.4, -0.2) is 16.3 Å². The lowest BCUT2D eigenvalue weighted by molar-refractivity contribution is 0.513. The van der Waals surface area contributed by atoms with Crippen molar-refractivity contribution in [3.63, 3.8) is 0 Å². The van der Waals surface area contributed by atoms with Crippen molar-refractivity contribution in [2.45, 2.75) is 39.2 Å². The van der Waals surface area contributed by atoms with Crippen molar-refractivity contribution in [3.8, 4) is 0 Å². The Kier molecular flexibility index (Phi) is 3.70. The van der Waals surface area contributed by atoms with Crippen LogP contribution in [0.3, 0.4) is 0 Å². The van der Waals surface area contributed by atoms with Crippen molar-refractivity contribution in [2.75, 3.05) is 11.9 Å². The summed E-state index contributed by atoms with van der Waals surface area (Å²) in [5.74, 6) is 0. The number of nitrogens with one attached hydrogen (secondary N) is 1. The number of hydrogen-bond acceptors (Lipinski definition) is 2. The van der Waals surface area contributed by atoms with Gasteiger partial charge in [0, 0.05) is 24.7 Å². The molecule has 1 N–H and O–H groups in total. The summed E-state index contributed by atoms with van der Waals surface area (Å²) in [7, 11) is 0. The van der Waals surface area contributed by atoms with Gasteiger partial charge in [-0.1, -0.05) is 23.7 Å². The van der Waals surface area contributed by atoms with Gasteiger partial charge in [-0.3, -0.25) is 4.68 Å². The van der Waals surface area contributed by atoms with E-state index in [2.05, 4.69) is 42.5 Å². The molecule has 2 aromatic rings. The average Bonchev–Trinajstić information content (AvgIpc) is 2.80.